The van der Waals surface area contributed by atoms with Crippen LogP contribution in [0.5, 0.6) is 0 Å². The van der Waals surface area contributed by atoms with E-state index in [-0.39, 0.29) is 30.7 Å². The third kappa shape index (κ3) is 3.95. The van der Waals surface area contributed by atoms with Gasteiger partial charge in [-0.1, -0.05) is 11.2 Å². The first-order valence-corrected chi connectivity index (χ1v) is 10.4. The molecule has 0 aliphatic carbocycles. The smallest absolute Gasteiger partial charge is 0.262 e. The molecule has 3 N–H and O–H groups in total. The first-order valence-electron chi connectivity index (χ1n) is 10.4. The highest BCUT2D eigenvalue weighted by Crippen LogP contribution is 2.34. The summed E-state index contributed by atoms with van der Waals surface area (Å²) in [4.78, 5) is 35.3. The van der Waals surface area contributed by atoms with E-state index in [4.69, 9.17) is 9.63 Å². The number of carbonyl (C=O) groups excluding carboxylic acids is 1. The zero-order valence-electron chi connectivity index (χ0n) is 18.1. The van der Waals surface area contributed by atoms with Crippen molar-refractivity contribution in [2.75, 3.05) is 18.9 Å². The Morgan fingerprint density at radius 3 is 2.50 bits per heavy atom. The zero-order valence-corrected chi connectivity index (χ0v) is 18.1. The molecule has 0 aromatic carbocycles. The van der Waals surface area contributed by atoms with E-state index in [1.54, 1.807) is 37.5 Å². The second-order valence-electron chi connectivity index (χ2n) is 7.78. The second-order valence-corrected chi connectivity index (χ2v) is 7.78. The van der Waals surface area contributed by atoms with E-state index in [0.29, 0.717) is 34.9 Å². The number of hydrogen-bond donors (Lipinski definition) is 3. The summed E-state index contributed by atoms with van der Waals surface area (Å²) in [5.74, 6) is 0.227. The van der Waals surface area contributed by atoms with Gasteiger partial charge in [0.15, 0.2) is 5.76 Å². The van der Waals surface area contributed by atoms with E-state index < -0.39 is 11.5 Å². The SMILES string of the molecule is CN1CCC(O)(c2cc(-c3cccc(-c4ccnc(Nc5ncc(CO)cn5)n4)n3)no2)C1=O. The van der Waals surface area contributed by atoms with Crippen LogP contribution in [0.1, 0.15) is 17.7 Å². The lowest BCUT2D eigenvalue weighted by molar-refractivity contribution is -0.144. The van der Waals surface area contributed by atoms with Crippen molar-refractivity contribution in [1.29, 1.82) is 0 Å². The highest BCUT2D eigenvalue weighted by atomic mass is 16.5. The summed E-state index contributed by atoms with van der Waals surface area (Å²) >= 11 is 0. The maximum absolute atomic E-state index is 12.3. The molecule has 0 saturated carbocycles. The van der Waals surface area contributed by atoms with Crippen LogP contribution in [0.4, 0.5) is 11.9 Å². The molecule has 5 rings (SSSR count). The lowest BCUT2D eigenvalue weighted by atomic mass is 9.98. The number of likely N-dealkylation sites (N-methyl/N-ethyl adjacent to an activating group) is 1. The Kier molecular flexibility index (Phi) is 5.43. The number of anilines is 2. The van der Waals surface area contributed by atoms with E-state index in [1.165, 1.54) is 23.4 Å². The van der Waals surface area contributed by atoms with Crippen molar-refractivity contribution < 1.29 is 19.5 Å². The Balaban J connectivity index is 1.39. The van der Waals surface area contributed by atoms with Crippen molar-refractivity contribution in [3.05, 3.63) is 60.2 Å². The van der Waals surface area contributed by atoms with E-state index in [9.17, 15) is 9.90 Å². The van der Waals surface area contributed by atoms with Crippen molar-refractivity contribution >= 4 is 17.8 Å². The van der Waals surface area contributed by atoms with Gasteiger partial charge in [-0.25, -0.2) is 24.9 Å². The molecule has 5 heterocycles. The maximum atomic E-state index is 12.3. The maximum Gasteiger partial charge on any atom is 0.262 e. The predicted octanol–water partition coefficient (Wildman–Crippen LogP) is 1.27. The molecule has 1 unspecified atom stereocenters. The van der Waals surface area contributed by atoms with Crippen LogP contribution in [-0.4, -0.2) is 64.7 Å². The van der Waals surface area contributed by atoms with Gasteiger partial charge in [0.1, 0.15) is 5.69 Å². The number of aromatic nitrogens is 6. The van der Waals surface area contributed by atoms with Crippen molar-refractivity contribution in [2.24, 2.45) is 0 Å². The summed E-state index contributed by atoms with van der Waals surface area (Å²) in [6.45, 7) is 0.285. The molecule has 0 radical (unpaired) electrons. The molecule has 1 fully saturated rings. The Bertz CT molecular complexity index is 1340. The van der Waals surface area contributed by atoms with E-state index in [2.05, 4.69) is 35.4 Å². The number of aliphatic hydroxyl groups is 2. The molecule has 1 aliphatic rings. The topological polar surface area (TPSA) is 163 Å². The van der Waals surface area contributed by atoms with Crippen LogP contribution in [0.15, 0.2) is 53.4 Å². The largest absolute Gasteiger partial charge is 0.392 e. The summed E-state index contributed by atoms with van der Waals surface area (Å²) < 4.78 is 5.32. The molecule has 4 aromatic heterocycles. The molecule has 1 saturated heterocycles. The van der Waals surface area contributed by atoms with Crippen LogP contribution >= 0.6 is 0 Å². The van der Waals surface area contributed by atoms with Crippen LogP contribution in [0, 0.1) is 0 Å². The lowest BCUT2D eigenvalue weighted by Gasteiger charge is -2.16. The molecule has 172 valence electrons. The fourth-order valence-corrected chi connectivity index (χ4v) is 3.56. The first kappa shape index (κ1) is 21.6. The Hall–Kier alpha value is -4.29. The minimum atomic E-state index is -1.72. The van der Waals surface area contributed by atoms with Crippen LogP contribution in [-0.2, 0) is 17.0 Å². The number of pyridine rings is 1. The van der Waals surface area contributed by atoms with Gasteiger partial charge in [0, 0.05) is 50.2 Å². The van der Waals surface area contributed by atoms with Crippen molar-refractivity contribution in [2.45, 2.75) is 18.6 Å². The minimum Gasteiger partial charge on any atom is -0.392 e. The number of likely N-dealkylation sites (tertiary alicyclic amines) is 1. The standard InChI is InChI=1S/C22H20N8O4/c1-30-8-6-22(33,19(30)32)18-9-17(29-34-18)15-4-2-3-14(26-15)16-5-7-23-21(27-16)28-20-24-10-13(12-31)11-25-20/h2-5,7,9-11,31,33H,6,8,12H2,1H3,(H,23,24,25,27,28). The Morgan fingerprint density at radius 2 is 1.79 bits per heavy atom. The highest BCUT2D eigenvalue weighted by molar-refractivity contribution is 5.87. The lowest BCUT2D eigenvalue weighted by Crippen LogP contribution is -2.35. The normalized spacial score (nSPS) is 17.9. The number of carbonyl (C=O) groups is 1. The molecular weight excluding hydrogens is 440 g/mol. The van der Waals surface area contributed by atoms with Gasteiger partial charge >= 0.3 is 0 Å². The molecule has 34 heavy (non-hydrogen) atoms. The summed E-state index contributed by atoms with van der Waals surface area (Å²) in [5.41, 5.74) is 0.847. The van der Waals surface area contributed by atoms with E-state index in [1.807, 2.05) is 0 Å². The molecular formula is C22H20N8O4. The quantitative estimate of drug-likeness (QED) is 0.379. The molecule has 1 aliphatic heterocycles. The number of aliphatic hydroxyl groups excluding tert-OH is 1. The third-order valence-electron chi connectivity index (χ3n) is 5.47. The van der Waals surface area contributed by atoms with Crippen molar-refractivity contribution in [1.82, 2.24) is 35.0 Å². The van der Waals surface area contributed by atoms with Crippen molar-refractivity contribution in [3.63, 3.8) is 0 Å². The molecule has 12 heteroatoms. The number of hydrogen-bond acceptors (Lipinski definition) is 11. The van der Waals surface area contributed by atoms with Gasteiger partial charge in [0.25, 0.3) is 5.91 Å². The number of nitrogens with zero attached hydrogens (tertiary/aromatic N) is 7. The van der Waals surface area contributed by atoms with Gasteiger partial charge in [-0.3, -0.25) is 10.1 Å². The van der Waals surface area contributed by atoms with Crippen LogP contribution in [0.3, 0.4) is 0 Å². The van der Waals surface area contributed by atoms with Crippen LogP contribution in [0.2, 0.25) is 0 Å². The summed E-state index contributed by atoms with van der Waals surface area (Å²) in [5, 5.41) is 26.8. The van der Waals surface area contributed by atoms with Gasteiger partial charge in [0.05, 0.1) is 23.7 Å². The summed E-state index contributed by atoms with van der Waals surface area (Å²) in [7, 11) is 1.63. The van der Waals surface area contributed by atoms with Gasteiger partial charge in [-0.05, 0) is 18.2 Å². The minimum absolute atomic E-state index is 0.0878. The average Bonchev–Trinajstić information content (AvgIpc) is 3.47. The average molecular weight is 460 g/mol. The molecule has 0 bridgehead atoms. The molecule has 12 nitrogen and oxygen atoms in total. The number of nitrogens with one attached hydrogen (secondary N) is 1. The van der Waals surface area contributed by atoms with Gasteiger partial charge in [0.2, 0.25) is 17.5 Å². The van der Waals surface area contributed by atoms with Crippen molar-refractivity contribution in [3.8, 4) is 22.8 Å². The van der Waals surface area contributed by atoms with Crippen LogP contribution in [0.25, 0.3) is 22.8 Å². The first-order chi connectivity index (χ1) is 16.5. The van der Waals surface area contributed by atoms with Crippen LogP contribution < -0.4 is 5.32 Å². The molecule has 4 aromatic rings. The monoisotopic (exact) mass is 460 g/mol. The fourth-order valence-electron chi connectivity index (χ4n) is 3.56. The number of rotatable bonds is 6. The molecule has 1 atom stereocenters. The summed E-state index contributed by atoms with van der Waals surface area (Å²) in [6.07, 6.45) is 4.81. The molecule has 0 spiro atoms. The fraction of sp³-hybridized carbons (Fsp3) is 0.227. The Morgan fingerprint density at radius 1 is 1.06 bits per heavy atom. The highest BCUT2D eigenvalue weighted by Gasteiger charge is 2.48. The number of amides is 1. The van der Waals surface area contributed by atoms with Gasteiger partial charge in [-0.15, -0.1) is 0 Å². The molecule has 1 amide bonds. The summed E-state index contributed by atoms with van der Waals surface area (Å²) in [6, 6.07) is 8.56. The predicted molar refractivity (Wildman–Crippen MR) is 118 cm³/mol. The third-order valence-corrected chi connectivity index (χ3v) is 5.47. The Labute approximate surface area is 193 Å². The second kappa shape index (κ2) is 8.57. The van der Waals surface area contributed by atoms with Gasteiger partial charge < -0.3 is 19.6 Å². The van der Waals surface area contributed by atoms with E-state index in [0.717, 1.165) is 0 Å². The van der Waals surface area contributed by atoms with E-state index >= 15 is 0 Å². The zero-order chi connectivity index (χ0) is 23.7. The van der Waals surface area contributed by atoms with Gasteiger partial charge in [-0.2, -0.15) is 0 Å².